The normalized spacial score (nSPS) is 11.8. The molecule has 1 rings (SSSR count). The highest BCUT2D eigenvalue weighted by atomic mass is 16.5. The third kappa shape index (κ3) is 4.37. The van der Waals surface area contributed by atoms with E-state index in [1.54, 1.807) is 24.3 Å². The van der Waals surface area contributed by atoms with Crippen molar-refractivity contribution in [2.75, 3.05) is 0 Å². The van der Waals surface area contributed by atoms with Crippen molar-refractivity contribution >= 4 is 12.3 Å². The molecule has 0 aliphatic rings. The number of esters is 1. The van der Waals surface area contributed by atoms with E-state index in [9.17, 15) is 9.59 Å². The first-order chi connectivity index (χ1) is 7.22. The minimum absolute atomic E-state index is 0.148. The summed E-state index contributed by atoms with van der Waals surface area (Å²) in [4.78, 5) is 21.4. The quantitative estimate of drug-likeness (QED) is 0.442. The molecule has 1 unspecified atom stereocenters. The molecule has 1 atom stereocenters. The number of para-hydroxylation sites is 1. The van der Waals surface area contributed by atoms with E-state index in [-0.39, 0.29) is 12.4 Å². The molecule has 2 N–H and O–H groups in total. The van der Waals surface area contributed by atoms with Gasteiger partial charge >= 0.3 is 5.97 Å². The summed E-state index contributed by atoms with van der Waals surface area (Å²) >= 11 is 0. The fraction of sp³-hybridized carbons (Fsp3) is 0.273. The van der Waals surface area contributed by atoms with E-state index in [1.807, 2.05) is 6.07 Å². The van der Waals surface area contributed by atoms with Crippen LogP contribution in [-0.2, 0) is 9.59 Å². The Morgan fingerprint density at radius 2 is 2.07 bits per heavy atom. The van der Waals surface area contributed by atoms with Gasteiger partial charge in [0.2, 0.25) is 0 Å². The van der Waals surface area contributed by atoms with Crippen molar-refractivity contribution in [2.24, 2.45) is 5.73 Å². The second-order valence-electron chi connectivity index (χ2n) is 3.13. The molecule has 0 saturated heterocycles. The zero-order valence-corrected chi connectivity index (χ0v) is 8.26. The minimum Gasteiger partial charge on any atom is -0.427 e. The number of carbonyl (C=O) groups is 2. The summed E-state index contributed by atoms with van der Waals surface area (Å²) in [7, 11) is 0. The molecule has 0 bridgehead atoms. The second kappa shape index (κ2) is 5.93. The standard InChI is InChI=1S/C11H13NO3/c12-9(8-13)6-7-11(14)15-10-4-2-1-3-5-10/h1-5,8-9H,6-7,12H2. The lowest BCUT2D eigenvalue weighted by Gasteiger charge is -2.04. The lowest BCUT2D eigenvalue weighted by atomic mass is 10.2. The first-order valence-corrected chi connectivity index (χ1v) is 4.69. The maximum atomic E-state index is 11.2. The van der Waals surface area contributed by atoms with Gasteiger partial charge in [-0.2, -0.15) is 0 Å². The largest absolute Gasteiger partial charge is 0.427 e. The highest BCUT2D eigenvalue weighted by Gasteiger charge is 2.07. The molecule has 1 aromatic rings. The van der Waals surface area contributed by atoms with Crippen LogP contribution < -0.4 is 10.5 Å². The topological polar surface area (TPSA) is 69.4 Å². The average Bonchev–Trinajstić information content (AvgIpc) is 2.27. The van der Waals surface area contributed by atoms with Crippen molar-refractivity contribution in [3.05, 3.63) is 30.3 Å². The van der Waals surface area contributed by atoms with Crippen LogP contribution in [0.2, 0.25) is 0 Å². The van der Waals surface area contributed by atoms with Gasteiger partial charge in [0, 0.05) is 6.42 Å². The van der Waals surface area contributed by atoms with Gasteiger partial charge in [0.15, 0.2) is 0 Å². The minimum atomic E-state index is -0.590. The molecule has 0 aliphatic heterocycles. The molecule has 15 heavy (non-hydrogen) atoms. The Hall–Kier alpha value is -1.68. The number of aldehydes is 1. The van der Waals surface area contributed by atoms with Crippen LogP contribution in [0.15, 0.2) is 30.3 Å². The highest BCUT2D eigenvalue weighted by molar-refractivity contribution is 5.73. The van der Waals surface area contributed by atoms with E-state index in [0.29, 0.717) is 18.5 Å². The number of nitrogens with two attached hydrogens (primary N) is 1. The van der Waals surface area contributed by atoms with Crippen LogP contribution in [0, 0.1) is 0 Å². The van der Waals surface area contributed by atoms with Crippen LogP contribution in [0.3, 0.4) is 0 Å². The van der Waals surface area contributed by atoms with Crippen LogP contribution >= 0.6 is 0 Å². The van der Waals surface area contributed by atoms with Gasteiger partial charge in [-0.25, -0.2) is 0 Å². The molecule has 80 valence electrons. The van der Waals surface area contributed by atoms with E-state index >= 15 is 0 Å². The Balaban J connectivity index is 2.34. The van der Waals surface area contributed by atoms with Crippen LogP contribution in [0.4, 0.5) is 0 Å². The Morgan fingerprint density at radius 3 is 2.67 bits per heavy atom. The van der Waals surface area contributed by atoms with E-state index < -0.39 is 6.04 Å². The maximum Gasteiger partial charge on any atom is 0.311 e. The van der Waals surface area contributed by atoms with Gasteiger partial charge in [-0.3, -0.25) is 4.79 Å². The molecule has 4 nitrogen and oxygen atoms in total. The van der Waals surface area contributed by atoms with E-state index in [2.05, 4.69) is 0 Å². The van der Waals surface area contributed by atoms with Crippen molar-refractivity contribution in [3.63, 3.8) is 0 Å². The number of hydrogen-bond donors (Lipinski definition) is 1. The smallest absolute Gasteiger partial charge is 0.311 e. The Labute approximate surface area is 88.0 Å². The molecule has 0 spiro atoms. The summed E-state index contributed by atoms with van der Waals surface area (Å²) in [6.45, 7) is 0. The van der Waals surface area contributed by atoms with Crippen molar-refractivity contribution in [1.29, 1.82) is 0 Å². The average molecular weight is 207 g/mol. The first-order valence-electron chi connectivity index (χ1n) is 4.69. The summed E-state index contributed by atoms with van der Waals surface area (Å²) in [5.74, 6) is 0.126. The lowest BCUT2D eigenvalue weighted by molar-refractivity contribution is -0.134. The summed E-state index contributed by atoms with van der Waals surface area (Å²) in [5.41, 5.74) is 5.34. The zero-order chi connectivity index (χ0) is 11.1. The molecule has 1 aromatic carbocycles. The van der Waals surface area contributed by atoms with Crippen LogP contribution in [-0.4, -0.2) is 18.3 Å². The molecular weight excluding hydrogens is 194 g/mol. The third-order valence-corrected chi connectivity index (χ3v) is 1.83. The fourth-order valence-electron chi connectivity index (χ4n) is 1.02. The Bertz CT molecular complexity index is 324. The van der Waals surface area contributed by atoms with Crippen molar-refractivity contribution in [3.8, 4) is 5.75 Å². The molecule has 0 radical (unpaired) electrons. The van der Waals surface area contributed by atoms with E-state index in [0.717, 1.165) is 0 Å². The van der Waals surface area contributed by atoms with E-state index in [1.165, 1.54) is 0 Å². The molecular formula is C11H13NO3. The summed E-state index contributed by atoms with van der Waals surface area (Å²) in [5, 5.41) is 0. The number of rotatable bonds is 5. The number of benzene rings is 1. The van der Waals surface area contributed by atoms with Crippen molar-refractivity contribution in [1.82, 2.24) is 0 Å². The van der Waals surface area contributed by atoms with Crippen LogP contribution in [0.25, 0.3) is 0 Å². The van der Waals surface area contributed by atoms with Gasteiger partial charge in [-0.15, -0.1) is 0 Å². The molecule has 0 aliphatic carbocycles. The van der Waals surface area contributed by atoms with Gasteiger partial charge in [0.05, 0.1) is 6.04 Å². The Kier molecular flexibility index (Phi) is 4.50. The SMILES string of the molecule is NC(C=O)CCC(=O)Oc1ccccc1. The van der Waals surface area contributed by atoms with Gasteiger partial charge in [-0.05, 0) is 18.6 Å². The van der Waals surface area contributed by atoms with Crippen LogP contribution in [0.5, 0.6) is 5.75 Å². The third-order valence-electron chi connectivity index (χ3n) is 1.83. The van der Waals surface area contributed by atoms with Crippen molar-refractivity contribution < 1.29 is 14.3 Å². The molecule has 0 fully saturated rings. The van der Waals surface area contributed by atoms with Gasteiger partial charge in [-0.1, -0.05) is 18.2 Å². The monoisotopic (exact) mass is 207 g/mol. The zero-order valence-electron chi connectivity index (χ0n) is 8.26. The predicted molar refractivity (Wildman–Crippen MR) is 55.4 cm³/mol. The van der Waals surface area contributed by atoms with Gasteiger partial charge in [0.1, 0.15) is 12.0 Å². The number of ether oxygens (including phenoxy) is 1. The second-order valence-corrected chi connectivity index (χ2v) is 3.13. The van der Waals surface area contributed by atoms with Gasteiger partial charge in [0.25, 0.3) is 0 Å². The lowest BCUT2D eigenvalue weighted by Crippen LogP contribution is -2.23. The summed E-state index contributed by atoms with van der Waals surface area (Å²) in [6.07, 6.45) is 1.08. The Morgan fingerprint density at radius 1 is 1.40 bits per heavy atom. The summed E-state index contributed by atoms with van der Waals surface area (Å²) < 4.78 is 5.00. The van der Waals surface area contributed by atoms with Crippen LogP contribution in [0.1, 0.15) is 12.8 Å². The summed E-state index contributed by atoms with van der Waals surface area (Å²) in [6, 6.07) is 8.18. The molecule has 0 saturated carbocycles. The number of carbonyl (C=O) groups excluding carboxylic acids is 2. The highest BCUT2D eigenvalue weighted by Crippen LogP contribution is 2.09. The molecule has 4 heteroatoms. The molecule has 0 aromatic heterocycles. The first kappa shape index (κ1) is 11.4. The maximum absolute atomic E-state index is 11.2. The molecule has 0 heterocycles. The number of hydrogen-bond acceptors (Lipinski definition) is 4. The van der Waals surface area contributed by atoms with Gasteiger partial charge < -0.3 is 15.3 Å². The predicted octanol–water partition coefficient (Wildman–Crippen LogP) is 0.898. The van der Waals surface area contributed by atoms with E-state index in [4.69, 9.17) is 10.5 Å². The fourth-order valence-corrected chi connectivity index (χ4v) is 1.02. The van der Waals surface area contributed by atoms with Crippen molar-refractivity contribution in [2.45, 2.75) is 18.9 Å². The molecule has 0 amide bonds.